The van der Waals surface area contributed by atoms with Crippen LogP contribution in [0.3, 0.4) is 0 Å². The summed E-state index contributed by atoms with van der Waals surface area (Å²) in [4.78, 5) is 35.5. The van der Waals surface area contributed by atoms with Crippen LogP contribution >= 0.6 is 0 Å². The summed E-state index contributed by atoms with van der Waals surface area (Å²) in [5.74, 6) is -0.128. The van der Waals surface area contributed by atoms with Crippen LogP contribution in [0.5, 0.6) is 5.75 Å². The topological polar surface area (TPSA) is 84.5 Å². The van der Waals surface area contributed by atoms with Crippen molar-refractivity contribution in [1.29, 1.82) is 0 Å². The molecular formula is C21H24N2O4. The van der Waals surface area contributed by atoms with Gasteiger partial charge in [-0.05, 0) is 64.1 Å². The number of amides is 2. The molecule has 6 nitrogen and oxygen atoms in total. The van der Waals surface area contributed by atoms with Gasteiger partial charge in [0.25, 0.3) is 11.8 Å². The number of hydrogen-bond acceptors (Lipinski definition) is 4. The highest BCUT2D eigenvalue weighted by Crippen LogP contribution is 2.14. The van der Waals surface area contributed by atoms with Gasteiger partial charge in [0.2, 0.25) is 0 Å². The molecular weight excluding hydrogens is 344 g/mol. The Hall–Kier alpha value is -3.15. The zero-order chi connectivity index (χ0) is 20.0. The third-order valence-corrected chi connectivity index (χ3v) is 3.53. The van der Waals surface area contributed by atoms with Gasteiger partial charge in [0, 0.05) is 22.4 Å². The molecule has 142 valence electrons. The first-order valence-corrected chi connectivity index (χ1v) is 8.60. The molecule has 0 unspecified atom stereocenters. The molecule has 0 heterocycles. The van der Waals surface area contributed by atoms with Gasteiger partial charge in [-0.25, -0.2) is 0 Å². The first-order valence-electron chi connectivity index (χ1n) is 8.60. The molecule has 0 radical (unpaired) electrons. The minimum atomic E-state index is -0.338. The van der Waals surface area contributed by atoms with E-state index in [1.807, 2.05) is 20.8 Å². The second kappa shape index (κ2) is 8.49. The number of ether oxygens (including phenoxy) is 1. The summed E-state index contributed by atoms with van der Waals surface area (Å²) < 4.78 is 5.42. The average molecular weight is 368 g/mol. The molecule has 0 saturated carbocycles. The van der Waals surface area contributed by atoms with Crippen LogP contribution in [0.15, 0.2) is 48.5 Å². The van der Waals surface area contributed by atoms with E-state index in [0.717, 1.165) is 0 Å². The molecule has 27 heavy (non-hydrogen) atoms. The Bertz CT molecular complexity index is 836. The lowest BCUT2D eigenvalue weighted by atomic mass is 10.1. The summed E-state index contributed by atoms with van der Waals surface area (Å²) in [7, 11) is 0. The number of carbonyl (C=O) groups is 3. The number of benzene rings is 2. The fourth-order valence-corrected chi connectivity index (χ4v) is 2.27. The van der Waals surface area contributed by atoms with Gasteiger partial charge in [-0.1, -0.05) is 12.1 Å². The molecule has 6 heteroatoms. The molecule has 0 aromatic heterocycles. The summed E-state index contributed by atoms with van der Waals surface area (Å²) in [5.41, 5.74) is 1.28. The predicted molar refractivity (Wildman–Crippen MR) is 104 cm³/mol. The number of Topliss-reactive ketones (excluding diaryl/α,β-unsaturated/α-hetero) is 1. The van der Waals surface area contributed by atoms with Crippen LogP contribution in [0, 0.1) is 0 Å². The van der Waals surface area contributed by atoms with Crippen LogP contribution in [0.2, 0.25) is 0 Å². The molecule has 2 aromatic carbocycles. The quantitative estimate of drug-likeness (QED) is 0.765. The molecule has 0 fully saturated rings. The smallest absolute Gasteiger partial charge is 0.262 e. The van der Waals surface area contributed by atoms with Gasteiger partial charge in [-0.15, -0.1) is 0 Å². The molecule has 0 atom stereocenters. The Morgan fingerprint density at radius 3 is 2.22 bits per heavy atom. The molecule has 2 rings (SSSR count). The molecule has 0 aliphatic rings. The maximum absolute atomic E-state index is 12.1. The van der Waals surface area contributed by atoms with Gasteiger partial charge < -0.3 is 15.4 Å². The van der Waals surface area contributed by atoms with E-state index in [9.17, 15) is 14.4 Å². The van der Waals surface area contributed by atoms with Crippen molar-refractivity contribution in [2.45, 2.75) is 33.2 Å². The van der Waals surface area contributed by atoms with Gasteiger partial charge in [0.15, 0.2) is 12.4 Å². The van der Waals surface area contributed by atoms with Crippen molar-refractivity contribution in [2.24, 2.45) is 0 Å². The second-order valence-electron chi connectivity index (χ2n) is 7.20. The standard InChI is InChI=1S/C21H24N2O4/c1-14(24)16-6-5-7-18(12-16)27-13-19(25)22-17-10-8-15(9-11-17)20(26)23-21(2,3)4/h5-12H,13H2,1-4H3,(H,22,25)(H,23,26). The van der Waals surface area contributed by atoms with Crippen LogP contribution < -0.4 is 15.4 Å². The van der Waals surface area contributed by atoms with Gasteiger partial charge in [0.1, 0.15) is 5.75 Å². The number of nitrogens with one attached hydrogen (secondary N) is 2. The minimum Gasteiger partial charge on any atom is -0.484 e. The first kappa shape index (κ1) is 20.2. The van der Waals surface area contributed by atoms with Crippen LogP contribution in [-0.2, 0) is 4.79 Å². The van der Waals surface area contributed by atoms with E-state index >= 15 is 0 Å². The van der Waals surface area contributed by atoms with Gasteiger partial charge in [0.05, 0.1) is 0 Å². The van der Waals surface area contributed by atoms with E-state index < -0.39 is 0 Å². The van der Waals surface area contributed by atoms with Gasteiger partial charge >= 0.3 is 0 Å². The third kappa shape index (κ3) is 6.58. The van der Waals surface area contributed by atoms with Crippen molar-refractivity contribution >= 4 is 23.3 Å². The molecule has 0 saturated heterocycles. The van der Waals surface area contributed by atoms with Crippen molar-refractivity contribution in [3.8, 4) is 5.75 Å². The zero-order valence-electron chi connectivity index (χ0n) is 16.0. The Morgan fingerprint density at radius 1 is 0.963 bits per heavy atom. The first-order chi connectivity index (χ1) is 12.6. The van der Waals surface area contributed by atoms with E-state index in [-0.39, 0.29) is 29.7 Å². The maximum Gasteiger partial charge on any atom is 0.262 e. The number of anilines is 1. The van der Waals surface area contributed by atoms with Crippen molar-refractivity contribution in [1.82, 2.24) is 5.32 Å². The highest BCUT2D eigenvalue weighted by molar-refractivity contribution is 5.96. The molecule has 0 aliphatic heterocycles. The van der Waals surface area contributed by atoms with Crippen LogP contribution in [0.1, 0.15) is 48.4 Å². The third-order valence-electron chi connectivity index (χ3n) is 3.53. The van der Waals surface area contributed by atoms with Crippen molar-refractivity contribution in [2.75, 3.05) is 11.9 Å². The van der Waals surface area contributed by atoms with Gasteiger partial charge in [-0.3, -0.25) is 14.4 Å². The summed E-state index contributed by atoms with van der Waals surface area (Å²) in [6.07, 6.45) is 0. The highest BCUT2D eigenvalue weighted by Gasteiger charge is 2.15. The number of carbonyl (C=O) groups excluding carboxylic acids is 3. The number of ketones is 1. The minimum absolute atomic E-state index is 0.0690. The molecule has 2 aromatic rings. The lowest BCUT2D eigenvalue weighted by Gasteiger charge is -2.20. The summed E-state index contributed by atoms with van der Waals surface area (Å²) in [6.45, 7) is 7.01. The largest absolute Gasteiger partial charge is 0.484 e. The molecule has 0 aliphatic carbocycles. The average Bonchev–Trinajstić information content (AvgIpc) is 2.59. The van der Waals surface area contributed by atoms with Crippen molar-refractivity contribution < 1.29 is 19.1 Å². The lowest BCUT2D eigenvalue weighted by molar-refractivity contribution is -0.118. The summed E-state index contributed by atoms with van der Waals surface area (Å²) in [5, 5.41) is 5.58. The predicted octanol–water partition coefficient (Wildman–Crippen LogP) is 3.44. The lowest BCUT2D eigenvalue weighted by Crippen LogP contribution is -2.40. The molecule has 2 N–H and O–H groups in total. The Kier molecular flexibility index (Phi) is 6.34. The van der Waals surface area contributed by atoms with E-state index in [2.05, 4.69) is 10.6 Å². The summed E-state index contributed by atoms with van der Waals surface area (Å²) >= 11 is 0. The fraction of sp³-hybridized carbons (Fsp3) is 0.286. The van der Waals surface area contributed by atoms with Crippen LogP contribution in [0.4, 0.5) is 5.69 Å². The van der Waals surface area contributed by atoms with E-state index in [1.54, 1.807) is 48.5 Å². The normalized spacial score (nSPS) is 10.8. The zero-order valence-corrected chi connectivity index (χ0v) is 16.0. The molecule has 2 amide bonds. The SMILES string of the molecule is CC(=O)c1cccc(OCC(=O)Nc2ccc(C(=O)NC(C)(C)C)cc2)c1. The maximum atomic E-state index is 12.1. The summed E-state index contributed by atoms with van der Waals surface area (Å²) in [6, 6.07) is 13.3. The van der Waals surface area contributed by atoms with Crippen molar-refractivity contribution in [3.05, 3.63) is 59.7 Å². The second-order valence-corrected chi connectivity index (χ2v) is 7.20. The fourth-order valence-electron chi connectivity index (χ4n) is 2.27. The Morgan fingerprint density at radius 2 is 1.63 bits per heavy atom. The molecule has 0 spiro atoms. The van der Waals surface area contributed by atoms with E-state index in [4.69, 9.17) is 4.74 Å². The Labute approximate surface area is 158 Å². The van der Waals surface area contributed by atoms with E-state index in [0.29, 0.717) is 22.6 Å². The van der Waals surface area contributed by atoms with E-state index in [1.165, 1.54) is 6.92 Å². The highest BCUT2D eigenvalue weighted by atomic mass is 16.5. The monoisotopic (exact) mass is 368 g/mol. The number of hydrogen-bond donors (Lipinski definition) is 2. The molecule has 0 bridgehead atoms. The van der Waals surface area contributed by atoms with Gasteiger partial charge in [-0.2, -0.15) is 0 Å². The number of rotatable bonds is 6. The van der Waals surface area contributed by atoms with Crippen LogP contribution in [0.25, 0.3) is 0 Å². The Balaban J connectivity index is 1.89. The van der Waals surface area contributed by atoms with Crippen molar-refractivity contribution in [3.63, 3.8) is 0 Å². The van der Waals surface area contributed by atoms with Crippen LogP contribution in [-0.4, -0.2) is 29.7 Å².